The summed E-state index contributed by atoms with van der Waals surface area (Å²) in [7, 11) is 0. The van der Waals surface area contributed by atoms with Crippen molar-refractivity contribution in [3.05, 3.63) is 78.1 Å². The van der Waals surface area contributed by atoms with Crippen molar-refractivity contribution in [2.24, 2.45) is 0 Å². The number of nitrogens with one attached hydrogen (secondary N) is 2. The lowest BCUT2D eigenvalue weighted by Crippen LogP contribution is -1.91. The van der Waals surface area contributed by atoms with Gasteiger partial charge in [-0.2, -0.15) is 0 Å². The molecular weight excluding hydrogens is 284 g/mol. The fourth-order valence-corrected chi connectivity index (χ4v) is 3.09. The Kier molecular flexibility index (Phi) is 3.12. The van der Waals surface area contributed by atoms with E-state index in [1.54, 1.807) is 13.0 Å². The summed E-state index contributed by atoms with van der Waals surface area (Å²) in [6.07, 6.45) is 5.66. The van der Waals surface area contributed by atoms with Gasteiger partial charge in [-0.05, 0) is 30.7 Å². The van der Waals surface area contributed by atoms with Crippen molar-refractivity contribution in [3.63, 3.8) is 0 Å². The van der Waals surface area contributed by atoms with Crippen LogP contribution in [0.3, 0.4) is 0 Å². The molecule has 0 bridgehead atoms. The quantitative estimate of drug-likeness (QED) is 0.531. The maximum Gasteiger partial charge on any atom is 0.153 e. The number of allylic oxidation sites excluding steroid dienone is 1. The second-order valence-electron chi connectivity index (χ2n) is 5.66. The van der Waals surface area contributed by atoms with Gasteiger partial charge in [-0.15, -0.1) is 0 Å². The smallest absolute Gasteiger partial charge is 0.153 e. The molecule has 2 N–H and O–H groups in total. The van der Waals surface area contributed by atoms with Gasteiger partial charge >= 0.3 is 0 Å². The molecule has 0 atom stereocenters. The van der Waals surface area contributed by atoms with Crippen LogP contribution in [0.4, 0.5) is 0 Å². The maximum absolute atomic E-state index is 11.8. The Labute approximate surface area is 133 Å². The first kappa shape index (κ1) is 13.6. The van der Waals surface area contributed by atoms with Gasteiger partial charge in [0.2, 0.25) is 0 Å². The van der Waals surface area contributed by atoms with E-state index >= 15 is 0 Å². The normalized spacial score (nSPS) is 11.0. The number of H-pyrrole nitrogens is 2. The van der Waals surface area contributed by atoms with Crippen LogP contribution in [0.2, 0.25) is 0 Å². The molecule has 0 saturated carbocycles. The van der Waals surface area contributed by atoms with Gasteiger partial charge in [-0.25, -0.2) is 0 Å². The molecule has 3 heteroatoms. The van der Waals surface area contributed by atoms with Crippen LogP contribution < -0.4 is 0 Å². The number of aromatic nitrogens is 2. The number of ketones is 1. The first-order valence-electron chi connectivity index (χ1n) is 7.59. The van der Waals surface area contributed by atoms with Gasteiger partial charge in [0.25, 0.3) is 0 Å². The molecule has 2 aromatic heterocycles. The molecular formula is C20H16N2O. The summed E-state index contributed by atoms with van der Waals surface area (Å²) < 4.78 is 0. The Morgan fingerprint density at radius 3 is 1.78 bits per heavy atom. The molecule has 2 heterocycles. The first-order valence-corrected chi connectivity index (χ1v) is 7.59. The van der Waals surface area contributed by atoms with E-state index in [2.05, 4.69) is 22.1 Å². The van der Waals surface area contributed by atoms with Crippen LogP contribution in [0.5, 0.6) is 0 Å². The minimum atomic E-state index is 0.0376. The lowest BCUT2D eigenvalue weighted by Gasteiger charge is -2.06. The highest BCUT2D eigenvalue weighted by atomic mass is 16.1. The highest BCUT2D eigenvalue weighted by Crippen LogP contribution is 2.33. The summed E-state index contributed by atoms with van der Waals surface area (Å²) in [6, 6.07) is 16.3. The minimum absolute atomic E-state index is 0.0376. The number of hydrogen-bond donors (Lipinski definition) is 2. The van der Waals surface area contributed by atoms with Gasteiger partial charge in [0, 0.05) is 45.3 Å². The van der Waals surface area contributed by atoms with Crippen LogP contribution in [0.15, 0.2) is 67.0 Å². The van der Waals surface area contributed by atoms with E-state index in [1.807, 2.05) is 48.8 Å². The predicted octanol–water partition coefficient (Wildman–Crippen LogP) is 4.67. The molecule has 4 aromatic rings. The van der Waals surface area contributed by atoms with Gasteiger partial charge in [0.05, 0.1) is 0 Å². The van der Waals surface area contributed by atoms with Crippen LogP contribution in [0.1, 0.15) is 18.1 Å². The van der Waals surface area contributed by atoms with Crippen molar-refractivity contribution in [1.29, 1.82) is 0 Å². The van der Waals surface area contributed by atoms with Crippen molar-refractivity contribution in [3.8, 4) is 0 Å². The van der Waals surface area contributed by atoms with Crippen LogP contribution >= 0.6 is 0 Å². The maximum atomic E-state index is 11.8. The minimum Gasteiger partial charge on any atom is -0.361 e. The van der Waals surface area contributed by atoms with Gasteiger partial charge < -0.3 is 9.97 Å². The topological polar surface area (TPSA) is 48.6 Å². The lowest BCUT2D eigenvalue weighted by atomic mass is 9.96. The third-order valence-corrected chi connectivity index (χ3v) is 4.11. The Morgan fingerprint density at radius 2 is 1.30 bits per heavy atom. The van der Waals surface area contributed by atoms with Crippen LogP contribution in [-0.2, 0) is 4.79 Å². The second kappa shape index (κ2) is 5.29. The fraction of sp³-hybridized carbons (Fsp3) is 0.0500. The Hall–Kier alpha value is -3.07. The number of carbonyl (C=O) groups is 1. The third-order valence-electron chi connectivity index (χ3n) is 4.11. The number of fused-ring (bicyclic) bond motifs is 2. The van der Waals surface area contributed by atoms with E-state index in [1.165, 1.54) is 0 Å². The van der Waals surface area contributed by atoms with Crippen LogP contribution in [0, 0.1) is 0 Å². The molecule has 0 spiro atoms. The Morgan fingerprint density at radius 1 is 0.826 bits per heavy atom. The van der Waals surface area contributed by atoms with Gasteiger partial charge in [0.15, 0.2) is 5.78 Å². The number of rotatable bonds is 3. The van der Waals surface area contributed by atoms with Crippen molar-refractivity contribution >= 4 is 33.2 Å². The molecule has 0 saturated heterocycles. The largest absolute Gasteiger partial charge is 0.361 e. The summed E-state index contributed by atoms with van der Waals surface area (Å²) in [5.74, 6) is 0.0376. The molecule has 0 unspecified atom stereocenters. The van der Waals surface area contributed by atoms with Gasteiger partial charge in [-0.1, -0.05) is 36.4 Å². The SMILES string of the molecule is CC(=O)C=C(c1c[nH]c2ccccc12)c1c[nH]c2ccccc12. The number of carbonyl (C=O) groups excluding carboxylic acids is 1. The lowest BCUT2D eigenvalue weighted by molar-refractivity contribution is -0.112. The standard InChI is InChI=1S/C20H16N2O/c1-13(23)10-16(17-11-21-19-8-4-2-6-14(17)19)18-12-22-20-9-5-3-7-15(18)20/h2-12,21-22H,1H3. The summed E-state index contributed by atoms with van der Waals surface area (Å²) in [5.41, 5.74) is 5.15. The number of hydrogen-bond acceptors (Lipinski definition) is 1. The van der Waals surface area contributed by atoms with Crippen molar-refractivity contribution < 1.29 is 4.79 Å². The molecule has 0 aliphatic heterocycles. The average molecular weight is 300 g/mol. The fourth-order valence-electron chi connectivity index (χ4n) is 3.09. The highest BCUT2D eigenvalue weighted by molar-refractivity contribution is 6.08. The highest BCUT2D eigenvalue weighted by Gasteiger charge is 2.15. The van der Waals surface area contributed by atoms with E-state index in [-0.39, 0.29) is 5.78 Å². The summed E-state index contributed by atoms with van der Waals surface area (Å²) in [5, 5.41) is 2.23. The molecule has 2 aromatic carbocycles. The molecule has 0 fully saturated rings. The van der Waals surface area contributed by atoms with Gasteiger partial charge in [0.1, 0.15) is 0 Å². The number of aromatic amines is 2. The van der Waals surface area contributed by atoms with E-state index in [4.69, 9.17) is 0 Å². The van der Waals surface area contributed by atoms with E-state index < -0.39 is 0 Å². The van der Waals surface area contributed by atoms with Crippen molar-refractivity contribution in [2.45, 2.75) is 6.92 Å². The van der Waals surface area contributed by atoms with E-state index in [0.717, 1.165) is 38.5 Å². The molecule has 0 amide bonds. The second-order valence-corrected chi connectivity index (χ2v) is 5.66. The van der Waals surface area contributed by atoms with E-state index in [9.17, 15) is 4.79 Å². The van der Waals surface area contributed by atoms with Gasteiger partial charge in [-0.3, -0.25) is 4.79 Å². The summed E-state index contributed by atoms with van der Waals surface area (Å²) in [6.45, 7) is 1.59. The molecule has 0 aliphatic rings. The molecule has 0 radical (unpaired) electrons. The third kappa shape index (κ3) is 2.27. The van der Waals surface area contributed by atoms with Crippen molar-refractivity contribution in [2.75, 3.05) is 0 Å². The zero-order valence-corrected chi connectivity index (χ0v) is 12.8. The molecule has 23 heavy (non-hydrogen) atoms. The molecule has 4 rings (SSSR count). The average Bonchev–Trinajstić information content (AvgIpc) is 3.17. The predicted molar refractivity (Wildman–Crippen MR) is 94.4 cm³/mol. The zero-order chi connectivity index (χ0) is 15.8. The van der Waals surface area contributed by atoms with Crippen molar-refractivity contribution in [1.82, 2.24) is 9.97 Å². The van der Waals surface area contributed by atoms with Crippen LogP contribution in [-0.4, -0.2) is 15.8 Å². The Bertz CT molecular complexity index is 974. The monoisotopic (exact) mass is 300 g/mol. The number of para-hydroxylation sites is 2. The molecule has 112 valence electrons. The summed E-state index contributed by atoms with van der Waals surface area (Å²) >= 11 is 0. The zero-order valence-electron chi connectivity index (χ0n) is 12.8. The molecule has 3 nitrogen and oxygen atoms in total. The van der Waals surface area contributed by atoms with E-state index in [0.29, 0.717) is 0 Å². The summed E-state index contributed by atoms with van der Waals surface area (Å²) in [4.78, 5) is 18.4. The number of benzene rings is 2. The van der Waals surface area contributed by atoms with Crippen LogP contribution in [0.25, 0.3) is 27.4 Å². The Balaban J connectivity index is 2.01. The molecule has 0 aliphatic carbocycles. The first-order chi connectivity index (χ1) is 11.2.